The van der Waals surface area contributed by atoms with Gasteiger partial charge in [-0.1, -0.05) is 140 Å². The highest BCUT2D eigenvalue weighted by molar-refractivity contribution is 6.21. The van der Waals surface area contributed by atoms with Crippen molar-refractivity contribution in [3.05, 3.63) is 192 Å². The standard InChI is InChI=1S/C53H55NO13/c1-3-28-61-52-44(54-50(57)40-26-16-17-27-41(40)51(54)58)48(64-35(2)55)47(43(65-52)34-60-30-37-20-10-5-11-21-37)67-53-45(56)49(63-32-39-24-14-7-15-25-39)46(62-31-38-22-12-6-13-23-38)42(66-53)33-59-29-36-18-8-4-9-19-36/h3-27,42-49,52-53,56H,1,28-34H2,2H3/t42-,43-,44-,45-,46+,47-,48-,49-,52-,53+/m1/s1. The molecular formula is C53H55NO13. The molecule has 67 heavy (non-hydrogen) atoms. The smallest absolute Gasteiger partial charge is 0.303 e. The number of rotatable bonds is 21. The van der Waals surface area contributed by atoms with Crippen molar-refractivity contribution >= 4 is 17.8 Å². The zero-order valence-electron chi connectivity index (χ0n) is 37.2. The van der Waals surface area contributed by atoms with Gasteiger partial charge in [0.25, 0.3) is 11.8 Å². The van der Waals surface area contributed by atoms with Gasteiger partial charge >= 0.3 is 5.97 Å². The lowest BCUT2D eigenvalue weighted by atomic mass is 9.94. The fourth-order valence-electron chi connectivity index (χ4n) is 8.52. The first-order chi connectivity index (χ1) is 32.8. The second-order valence-corrected chi connectivity index (χ2v) is 16.4. The Hall–Kier alpha value is -5.91. The average molecular weight is 914 g/mol. The molecule has 3 aliphatic heterocycles. The molecule has 0 radical (unpaired) electrons. The maximum Gasteiger partial charge on any atom is 0.303 e. The molecule has 5 aromatic rings. The minimum atomic E-state index is -1.54. The third-order valence-electron chi connectivity index (χ3n) is 11.7. The predicted molar refractivity (Wildman–Crippen MR) is 243 cm³/mol. The number of hydrogen-bond acceptors (Lipinski definition) is 13. The highest BCUT2D eigenvalue weighted by Gasteiger charge is 2.58. The Morgan fingerprint density at radius 1 is 0.582 bits per heavy atom. The Bertz CT molecular complexity index is 2340. The van der Waals surface area contributed by atoms with Crippen LogP contribution in [-0.2, 0) is 73.9 Å². The number of nitrogens with zero attached hydrogens (tertiary/aromatic N) is 1. The summed E-state index contributed by atoms with van der Waals surface area (Å²) in [5, 5.41) is 12.5. The second-order valence-electron chi connectivity index (χ2n) is 16.4. The molecule has 3 aliphatic rings. The normalized spacial score (nSPS) is 26.0. The molecule has 0 aliphatic carbocycles. The molecule has 0 bridgehead atoms. The number of benzene rings is 5. The van der Waals surface area contributed by atoms with Crippen LogP contribution in [0.4, 0.5) is 0 Å². The summed E-state index contributed by atoms with van der Waals surface area (Å²) in [5.41, 5.74) is 3.85. The fourth-order valence-corrected chi connectivity index (χ4v) is 8.52. The number of carbonyl (C=O) groups excluding carboxylic acids is 3. The van der Waals surface area contributed by atoms with Crippen molar-refractivity contribution in [2.75, 3.05) is 19.8 Å². The van der Waals surface area contributed by atoms with Crippen LogP contribution in [0, 0.1) is 0 Å². The molecule has 3 heterocycles. The van der Waals surface area contributed by atoms with Crippen molar-refractivity contribution in [2.45, 2.75) is 94.7 Å². The maximum absolute atomic E-state index is 14.3. The summed E-state index contributed by atoms with van der Waals surface area (Å²) in [7, 11) is 0. The Kier molecular flexibility index (Phi) is 16.5. The van der Waals surface area contributed by atoms with Gasteiger partial charge < -0.3 is 47.7 Å². The lowest BCUT2D eigenvalue weighted by Gasteiger charge is -2.50. The average Bonchev–Trinajstić information content (AvgIpc) is 3.60. The van der Waals surface area contributed by atoms with E-state index in [0.717, 1.165) is 27.2 Å². The molecule has 14 nitrogen and oxygen atoms in total. The van der Waals surface area contributed by atoms with E-state index in [0.29, 0.717) is 0 Å². The van der Waals surface area contributed by atoms with Crippen molar-refractivity contribution in [3.8, 4) is 0 Å². The van der Waals surface area contributed by atoms with E-state index in [1.54, 1.807) is 24.3 Å². The molecule has 14 heteroatoms. The first kappa shape index (κ1) is 47.6. The summed E-state index contributed by atoms with van der Waals surface area (Å²) in [6.45, 7) is 5.45. The van der Waals surface area contributed by atoms with Crippen LogP contribution < -0.4 is 0 Å². The van der Waals surface area contributed by atoms with Gasteiger partial charge in [0.15, 0.2) is 18.7 Å². The highest BCUT2D eigenvalue weighted by Crippen LogP contribution is 2.38. The third-order valence-corrected chi connectivity index (χ3v) is 11.7. The summed E-state index contributed by atoms with van der Waals surface area (Å²) in [4.78, 5) is 42.7. The van der Waals surface area contributed by atoms with Gasteiger partial charge in [-0.05, 0) is 34.4 Å². The molecule has 350 valence electrons. The zero-order chi connectivity index (χ0) is 46.5. The minimum Gasteiger partial charge on any atom is -0.457 e. The topological polar surface area (TPSA) is 158 Å². The zero-order valence-corrected chi connectivity index (χ0v) is 37.2. The number of aliphatic hydroxyl groups is 1. The van der Waals surface area contributed by atoms with Crippen LogP contribution in [0.2, 0.25) is 0 Å². The van der Waals surface area contributed by atoms with Crippen LogP contribution in [0.15, 0.2) is 158 Å². The van der Waals surface area contributed by atoms with Gasteiger partial charge in [0.1, 0.15) is 42.7 Å². The number of aliphatic hydroxyl groups excluding tert-OH is 1. The van der Waals surface area contributed by atoms with Crippen LogP contribution in [0.5, 0.6) is 0 Å². The Morgan fingerprint density at radius 2 is 1.01 bits per heavy atom. The monoisotopic (exact) mass is 913 g/mol. The molecule has 1 N–H and O–H groups in total. The minimum absolute atomic E-state index is 0.0145. The van der Waals surface area contributed by atoms with E-state index in [4.69, 9.17) is 42.6 Å². The molecule has 2 saturated heterocycles. The van der Waals surface area contributed by atoms with E-state index < -0.39 is 79.1 Å². The summed E-state index contributed by atoms with van der Waals surface area (Å²) in [5.74, 6) is -2.04. The number of imide groups is 1. The van der Waals surface area contributed by atoms with Crippen LogP contribution in [0.25, 0.3) is 0 Å². The lowest BCUT2D eigenvalue weighted by Crippen LogP contribution is -2.69. The molecule has 0 saturated carbocycles. The molecule has 0 unspecified atom stereocenters. The van der Waals surface area contributed by atoms with E-state index in [9.17, 15) is 19.5 Å². The third kappa shape index (κ3) is 11.8. The SMILES string of the molecule is C=CCO[C@@H]1O[C@H](COCc2ccccc2)[C@@H](O[C@@H]2O[C@H](COCc3ccccc3)[C@H](OCc3ccccc3)[C@H](OCc3ccccc3)[C@H]2O)[C@H](OC(C)=O)[C@H]1N1C(=O)c2ccccc2C1=O. The van der Waals surface area contributed by atoms with Gasteiger partial charge in [0.2, 0.25) is 0 Å². The van der Waals surface area contributed by atoms with Crippen LogP contribution >= 0.6 is 0 Å². The largest absolute Gasteiger partial charge is 0.457 e. The molecule has 8 rings (SSSR count). The van der Waals surface area contributed by atoms with Gasteiger partial charge in [0, 0.05) is 6.92 Å². The van der Waals surface area contributed by atoms with Gasteiger partial charge in [-0.15, -0.1) is 6.58 Å². The quantitative estimate of drug-likeness (QED) is 0.0479. The van der Waals surface area contributed by atoms with E-state index in [-0.39, 0.29) is 57.4 Å². The Morgan fingerprint density at radius 3 is 1.49 bits per heavy atom. The summed E-state index contributed by atoms with van der Waals surface area (Å²) >= 11 is 0. The number of ether oxygens (including phenoxy) is 9. The maximum atomic E-state index is 14.3. The first-order valence-electron chi connectivity index (χ1n) is 22.3. The molecule has 10 atom stereocenters. The van der Waals surface area contributed by atoms with Gasteiger partial charge in [-0.25, -0.2) is 0 Å². The van der Waals surface area contributed by atoms with E-state index in [2.05, 4.69) is 6.58 Å². The summed E-state index contributed by atoms with van der Waals surface area (Å²) in [6.07, 6.45) is -9.70. The van der Waals surface area contributed by atoms with Crippen molar-refractivity contribution in [3.63, 3.8) is 0 Å². The van der Waals surface area contributed by atoms with Crippen molar-refractivity contribution < 1.29 is 62.1 Å². The van der Waals surface area contributed by atoms with Crippen LogP contribution in [-0.4, -0.2) is 109 Å². The number of carbonyl (C=O) groups is 3. The van der Waals surface area contributed by atoms with Crippen LogP contribution in [0.1, 0.15) is 49.9 Å². The summed E-state index contributed by atoms with van der Waals surface area (Å²) < 4.78 is 58.3. The molecule has 2 fully saturated rings. The van der Waals surface area contributed by atoms with Crippen molar-refractivity contribution in [2.24, 2.45) is 0 Å². The predicted octanol–water partition coefficient (Wildman–Crippen LogP) is 6.59. The number of fused-ring (bicyclic) bond motifs is 1. The molecule has 2 amide bonds. The number of amides is 2. The molecule has 0 spiro atoms. The number of esters is 1. The van der Waals surface area contributed by atoms with Gasteiger partial charge in [-0.3, -0.25) is 19.3 Å². The van der Waals surface area contributed by atoms with Crippen LogP contribution in [0.3, 0.4) is 0 Å². The van der Waals surface area contributed by atoms with E-state index >= 15 is 0 Å². The molecule has 5 aromatic carbocycles. The van der Waals surface area contributed by atoms with Crippen molar-refractivity contribution in [1.29, 1.82) is 0 Å². The molecule has 0 aromatic heterocycles. The van der Waals surface area contributed by atoms with Gasteiger partial charge in [-0.2, -0.15) is 0 Å². The van der Waals surface area contributed by atoms with Crippen molar-refractivity contribution in [1.82, 2.24) is 4.90 Å². The van der Waals surface area contributed by atoms with E-state index in [1.165, 1.54) is 13.0 Å². The van der Waals surface area contributed by atoms with E-state index in [1.807, 2.05) is 121 Å². The fraction of sp³-hybridized carbons (Fsp3) is 0.340. The Balaban J connectivity index is 1.16. The molecular weight excluding hydrogens is 859 g/mol. The number of hydrogen-bond donors (Lipinski definition) is 1. The lowest BCUT2D eigenvalue weighted by molar-refractivity contribution is -0.359. The first-order valence-corrected chi connectivity index (χ1v) is 22.3. The second kappa shape index (κ2) is 23.2. The summed E-state index contributed by atoms with van der Waals surface area (Å²) in [6, 6.07) is 43.2. The Labute approximate surface area is 389 Å². The van der Waals surface area contributed by atoms with Gasteiger partial charge in [0.05, 0.1) is 57.4 Å². The highest BCUT2D eigenvalue weighted by atomic mass is 16.7.